The van der Waals surface area contributed by atoms with E-state index in [-0.39, 0.29) is 6.03 Å². The van der Waals surface area contributed by atoms with Crippen molar-refractivity contribution in [2.24, 2.45) is 0 Å². The van der Waals surface area contributed by atoms with Gasteiger partial charge < -0.3 is 15.1 Å². The van der Waals surface area contributed by atoms with Gasteiger partial charge in [0.15, 0.2) is 5.15 Å². The van der Waals surface area contributed by atoms with Crippen LogP contribution in [0, 0.1) is 0 Å². The summed E-state index contributed by atoms with van der Waals surface area (Å²) in [6.07, 6.45) is 6.39. The number of anilines is 1. The van der Waals surface area contributed by atoms with Crippen molar-refractivity contribution in [3.05, 3.63) is 23.5 Å². The van der Waals surface area contributed by atoms with Crippen molar-refractivity contribution in [3.8, 4) is 0 Å². The van der Waals surface area contributed by atoms with Gasteiger partial charge >= 0.3 is 6.03 Å². The SMILES string of the molecule is CN(CC[C@@H]1CCCCN1C)C(=O)Nc1cccnc1Cl. The molecule has 1 aromatic rings. The van der Waals surface area contributed by atoms with Crippen LogP contribution in [0.2, 0.25) is 5.15 Å². The first-order chi connectivity index (χ1) is 10.1. The van der Waals surface area contributed by atoms with E-state index in [0.29, 0.717) is 16.9 Å². The summed E-state index contributed by atoms with van der Waals surface area (Å²) in [5, 5.41) is 3.10. The van der Waals surface area contributed by atoms with Gasteiger partial charge in [0.1, 0.15) is 0 Å². The third kappa shape index (κ3) is 4.58. The number of pyridine rings is 1. The Morgan fingerprint density at radius 1 is 1.57 bits per heavy atom. The van der Waals surface area contributed by atoms with E-state index in [1.165, 1.54) is 19.3 Å². The molecule has 21 heavy (non-hydrogen) atoms. The zero-order chi connectivity index (χ0) is 15.2. The molecule has 6 heteroatoms. The molecule has 0 radical (unpaired) electrons. The summed E-state index contributed by atoms with van der Waals surface area (Å²) in [6, 6.07) is 3.92. The van der Waals surface area contributed by atoms with Crippen LogP contribution in [0.1, 0.15) is 25.7 Å². The molecule has 116 valence electrons. The highest BCUT2D eigenvalue weighted by atomic mass is 35.5. The number of halogens is 1. The van der Waals surface area contributed by atoms with Gasteiger partial charge in [0.25, 0.3) is 0 Å². The lowest BCUT2D eigenvalue weighted by Gasteiger charge is -2.33. The van der Waals surface area contributed by atoms with E-state index in [1.54, 1.807) is 23.2 Å². The molecule has 0 aromatic carbocycles. The molecule has 0 saturated carbocycles. The van der Waals surface area contributed by atoms with E-state index in [1.807, 2.05) is 7.05 Å². The van der Waals surface area contributed by atoms with E-state index < -0.39 is 0 Å². The number of urea groups is 1. The first kappa shape index (κ1) is 16.0. The first-order valence-electron chi connectivity index (χ1n) is 7.41. The first-order valence-corrected chi connectivity index (χ1v) is 7.78. The summed E-state index contributed by atoms with van der Waals surface area (Å²) in [5.74, 6) is 0. The fourth-order valence-electron chi connectivity index (χ4n) is 2.64. The van der Waals surface area contributed by atoms with E-state index in [0.717, 1.165) is 19.5 Å². The van der Waals surface area contributed by atoms with Crippen LogP contribution in [0.5, 0.6) is 0 Å². The minimum atomic E-state index is -0.150. The maximum Gasteiger partial charge on any atom is 0.321 e. The normalized spacial score (nSPS) is 19.3. The molecule has 1 aliphatic heterocycles. The Morgan fingerprint density at radius 3 is 3.10 bits per heavy atom. The Hall–Kier alpha value is -1.33. The van der Waals surface area contributed by atoms with Crippen molar-refractivity contribution in [1.29, 1.82) is 0 Å². The lowest BCUT2D eigenvalue weighted by molar-refractivity contribution is 0.162. The van der Waals surface area contributed by atoms with E-state index in [9.17, 15) is 4.79 Å². The summed E-state index contributed by atoms with van der Waals surface area (Å²) in [5.41, 5.74) is 0.547. The number of nitrogens with zero attached hydrogens (tertiary/aromatic N) is 3. The number of carbonyl (C=O) groups is 1. The van der Waals surface area contributed by atoms with Crippen molar-refractivity contribution in [2.75, 3.05) is 32.5 Å². The summed E-state index contributed by atoms with van der Waals surface area (Å²) < 4.78 is 0. The van der Waals surface area contributed by atoms with Crippen LogP contribution < -0.4 is 5.32 Å². The largest absolute Gasteiger partial charge is 0.328 e. The number of hydrogen-bond donors (Lipinski definition) is 1. The molecule has 0 aliphatic carbocycles. The zero-order valence-electron chi connectivity index (χ0n) is 12.7. The molecule has 0 bridgehead atoms. The highest BCUT2D eigenvalue weighted by molar-refractivity contribution is 6.32. The Morgan fingerprint density at radius 2 is 2.38 bits per heavy atom. The van der Waals surface area contributed by atoms with Crippen LogP contribution in [0.3, 0.4) is 0 Å². The van der Waals surface area contributed by atoms with Crippen molar-refractivity contribution < 1.29 is 4.79 Å². The maximum atomic E-state index is 12.1. The van der Waals surface area contributed by atoms with Gasteiger partial charge in [-0.25, -0.2) is 9.78 Å². The minimum absolute atomic E-state index is 0.150. The van der Waals surface area contributed by atoms with Crippen LogP contribution in [0.15, 0.2) is 18.3 Å². The molecule has 2 rings (SSSR count). The molecule has 1 N–H and O–H groups in total. The number of nitrogens with one attached hydrogen (secondary N) is 1. The predicted molar refractivity (Wildman–Crippen MR) is 85.8 cm³/mol. The number of hydrogen-bond acceptors (Lipinski definition) is 3. The third-order valence-corrected chi connectivity index (χ3v) is 4.37. The summed E-state index contributed by atoms with van der Waals surface area (Å²) >= 11 is 5.94. The van der Waals surface area contributed by atoms with E-state index >= 15 is 0 Å². The Balaban J connectivity index is 1.81. The third-order valence-electron chi connectivity index (χ3n) is 4.07. The van der Waals surface area contributed by atoms with Crippen molar-refractivity contribution >= 4 is 23.3 Å². The lowest BCUT2D eigenvalue weighted by atomic mass is 10.00. The topological polar surface area (TPSA) is 48.5 Å². The van der Waals surface area contributed by atoms with Gasteiger partial charge in [-0.2, -0.15) is 0 Å². The minimum Gasteiger partial charge on any atom is -0.328 e. The summed E-state index contributed by atoms with van der Waals surface area (Å²) in [6.45, 7) is 1.89. The molecule has 0 unspecified atom stereocenters. The van der Waals surface area contributed by atoms with Crippen molar-refractivity contribution in [1.82, 2.24) is 14.8 Å². The molecule has 1 aliphatic rings. The number of rotatable bonds is 4. The number of carbonyl (C=O) groups excluding carboxylic acids is 1. The predicted octanol–water partition coefficient (Wildman–Crippen LogP) is 3.07. The number of piperidine rings is 1. The molecule has 1 aromatic heterocycles. The molecule has 2 amide bonds. The second-order valence-electron chi connectivity index (χ2n) is 5.61. The Kier molecular flexibility index (Phi) is 5.82. The van der Waals surface area contributed by atoms with Crippen molar-refractivity contribution in [3.63, 3.8) is 0 Å². The molecular formula is C15H23ClN4O. The second kappa shape index (κ2) is 7.61. The maximum absolute atomic E-state index is 12.1. The summed E-state index contributed by atoms with van der Waals surface area (Å²) in [4.78, 5) is 20.2. The Bertz CT molecular complexity index is 482. The molecule has 0 spiro atoms. The quantitative estimate of drug-likeness (QED) is 0.869. The smallest absolute Gasteiger partial charge is 0.321 e. The molecule has 5 nitrogen and oxygen atoms in total. The lowest BCUT2D eigenvalue weighted by Crippen LogP contribution is -2.40. The molecule has 1 fully saturated rings. The molecule has 2 heterocycles. The van der Waals surface area contributed by atoms with Crippen LogP contribution in [-0.4, -0.2) is 54.0 Å². The van der Waals surface area contributed by atoms with Gasteiger partial charge in [-0.3, -0.25) is 0 Å². The van der Waals surface area contributed by atoms with E-state index in [4.69, 9.17) is 11.6 Å². The van der Waals surface area contributed by atoms with Crippen LogP contribution in [0.4, 0.5) is 10.5 Å². The van der Waals surface area contributed by atoms with E-state index in [2.05, 4.69) is 22.2 Å². The van der Waals surface area contributed by atoms with Gasteiger partial charge in [-0.05, 0) is 45.0 Å². The monoisotopic (exact) mass is 310 g/mol. The molecule has 1 saturated heterocycles. The second-order valence-corrected chi connectivity index (χ2v) is 5.97. The average molecular weight is 311 g/mol. The number of likely N-dealkylation sites (tertiary alicyclic amines) is 1. The molecule has 1 atom stereocenters. The van der Waals surface area contributed by atoms with Crippen LogP contribution >= 0.6 is 11.6 Å². The highest BCUT2D eigenvalue weighted by Gasteiger charge is 2.20. The summed E-state index contributed by atoms with van der Waals surface area (Å²) in [7, 11) is 3.97. The van der Waals surface area contributed by atoms with Gasteiger partial charge in [0.2, 0.25) is 0 Å². The number of amides is 2. The van der Waals surface area contributed by atoms with Gasteiger partial charge in [0.05, 0.1) is 5.69 Å². The fraction of sp³-hybridized carbons (Fsp3) is 0.600. The van der Waals surface area contributed by atoms with Crippen LogP contribution in [-0.2, 0) is 0 Å². The van der Waals surface area contributed by atoms with Gasteiger partial charge in [-0.15, -0.1) is 0 Å². The van der Waals surface area contributed by atoms with Gasteiger partial charge in [-0.1, -0.05) is 18.0 Å². The van der Waals surface area contributed by atoms with Gasteiger partial charge in [0, 0.05) is 25.8 Å². The van der Waals surface area contributed by atoms with Crippen LogP contribution in [0.25, 0.3) is 0 Å². The average Bonchev–Trinajstić information content (AvgIpc) is 2.48. The highest BCUT2D eigenvalue weighted by Crippen LogP contribution is 2.19. The standard InChI is InChI=1S/C15H23ClN4O/c1-19-10-4-3-6-12(19)8-11-20(2)15(21)18-13-7-5-9-17-14(13)16/h5,7,9,12H,3-4,6,8,10-11H2,1-2H3,(H,18,21)/t12-/m0/s1. The number of aromatic nitrogens is 1. The fourth-order valence-corrected chi connectivity index (χ4v) is 2.81. The zero-order valence-corrected chi connectivity index (χ0v) is 13.4. The van der Waals surface area contributed by atoms with Crippen molar-refractivity contribution in [2.45, 2.75) is 31.7 Å². The molecular weight excluding hydrogens is 288 g/mol. The Labute approximate surface area is 131 Å².